The molecule has 0 bridgehead atoms. The highest BCUT2D eigenvalue weighted by Crippen LogP contribution is 2.46. The SMILES string of the molecule is C[C@@H](Oc1nc(-c2cnn(CCC(F)(F)F)c2)cc2nn(C)cc12)[C@@H]1CC(=O)C2CCC2C1. The van der Waals surface area contributed by atoms with E-state index in [1.807, 2.05) is 13.1 Å². The molecule has 0 aromatic carbocycles. The molecule has 176 valence electrons. The summed E-state index contributed by atoms with van der Waals surface area (Å²) < 4.78 is 46.9. The summed E-state index contributed by atoms with van der Waals surface area (Å²) in [7, 11) is 1.80. The number of Topliss-reactive ketones (excluding diaryl/α,β-unsaturated/α-hetero) is 1. The van der Waals surface area contributed by atoms with E-state index in [9.17, 15) is 18.0 Å². The number of carbonyl (C=O) groups is 1. The van der Waals surface area contributed by atoms with Gasteiger partial charge >= 0.3 is 6.18 Å². The van der Waals surface area contributed by atoms with E-state index in [4.69, 9.17) is 4.74 Å². The molecule has 0 aliphatic heterocycles. The number of fused-ring (bicyclic) bond motifs is 2. The maximum absolute atomic E-state index is 12.5. The van der Waals surface area contributed by atoms with Crippen LogP contribution in [0.1, 0.15) is 39.0 Å². The van der Waals surface area contributed by atoms with Crippen LogP contribution >= 0.6 is 0 Å². The van der Waals surface area contributed by atoms with Crippen LogP contribution in [0, 0.1) is 17.8 Å². The average Bonchev–Trinajstić information content (AvgIpc) is 3.33. The number of halogens is 3. The Labute approximate surface area is 188 Å². The van der Waals surface area contributed by atoms with E-state index in [0.29, 0.717) is 40.8 Å². The Morgan fingerprint density at radius 1 is 1.27 bits per heavy atom. The summed E-state index contributed by atoms with van der Waals surface area (Å²) in [5.74, 6) is 1.62. The van der Waals surface area contributed by atoms with Gasteiger partial charge in [0.05, 0.1) is 29.2 Å². The van der Waals surface area contributed by atoms with E-state index in [-0.39, 0.29) is 24.5 Å². The lowest BCUT2D eigenvalue weighted by Crippen LogP contribution is -2.43. The van der Waals surface area contributed by atoms with Crippen molar-refractivity contribution in [2.45, 2.75) is 57.9 Å². The van der Waals surface area contributed by atoms with Gasteiger partial charge < -0.3 is 4.74 Å². The second-order valence-corrected chi connectivity index (χ2v) is 9.34. The molecule has 7 nitrogen and oxygen atoms in total. The normalized spacial score (nSPS) is 23.9. The molecule has 4 atom stereocenters. The van der Waals surface area contributed by atoms with Crippen LogP contribution in [0.2, 0.25) is 0 Å². The molecular weight excluding hydrogens is 435 g/mol. The Bertz CT molecular complexity index is 1180. The lowest BCUT2D eigenvalue weighted by atomic mass is 9.61. The van der Waals surface area contributed by atoms with Crippen molar-refractivity contribution in [1.29, 1.82) is 0 Å². The lowest BCUT2D eigenvalue weighted by molar-refractivity contribution is -0.137. The van der Waals surface area contributed by atoms with E-state index in [2.05, 4.69) is 15.2 Å². The largest absolute Gasteiger partial charge is 0.474 e. The molecule has 10 heteroatoms. The molecule has 3 aromatic heterocycles. The maximum Gasteiger partial charge on any atom is 0.390 e. The van der Waals surface area contributed by atoms with Crippen LogP contribution in [0.25, 0.3) is 22.2 Å². The van der Waals surface area contributed by atoms with Gasteiger partial charge in [0.1, 0.15) is 11.9 Å². The Morgan fingerprint density at radius 3 is 2.79 bits per heavy atom. The number of alkyl halides is 3. The molecule has 0 amide bonds. The minimum atomic E-state index is -4.24. The molecule has 2 unspecified atom stereocenters. The summed E-state index contributed by atoms with van der Waals surface area (Å²) in [5, 5.41) is 9.26. The first-order chi connectivity index (χ1) is 15.7. The van der Waals surface area contributed by atoms with Crippen LogP contribution in [-0.4, -0.2) is 42.6 Å². The summed E-state index contributed by atoms with van der Waals surface area (Å²) in [5.41, 5.74) is 1.79. The number of rotatable bonds is 6. The molecule has 5 rings (SSSR count). The summed E-state index contributed by atoms with van der Waals surface area (Å²) >= 11 is 0. The second kappa shape index (κ2) is 8.14. The molecule has 0 N–H and O–H groups in total. The van der Waals surface area contributed by atoms with Crippen LogP contribution in [0.4, 0.5) is 13.2 Å². The van der Waals surface area contributed by atoms with Gasteiger partial charge in [0.25, 0.3) is 0 Å². The number of hydrogen-bond acceptors (Lipinski definition) is 5. The van der Waals surface area contributed by atoms with Crippen LogP contribution in [0.15, 0.2) is 24.7 Å². The highest BCUT2D eigenvalue weighted by Gasteiger charge is 2.44. The first kappa shape index (κ1) is 21.9. The fourth-order valence-electron chi connectivity index (χ4n) is 4.99. The Kier molecular flexibility index (Phi) is 5.41. The third-order valence-corrected chi connectivity index (χ3v) is 7.00. The van der Waals surface area contributed by atoms with Crippen molar-refractivity contribution in [2.75, 3.05) is 0 Å². The molecule has 3 aromatic rings. The molecule has 2 saturated carbocycles. The average molecular weight is 461 g/mol. The Balaban J connectivity index is 1.39. The number of pyridine rings is 1. The van der Waals surface area contributed by atoms with Crippen molar-refractivity contribution in [3.8, 4) is 17.1 Å². The zero-order chi connectivity index (χ0) is 23.3. The number of aryl methyl sites for hydroxylation is 2. The number of ketones is 1. The van der Waals surface area contributed by atoms with Crippen molar-refractivity contribution in [2.24, 2.45) is 24.8 Å². The highest BCUT2D eigenvalue weighted by atomic mass is 19.4. The van der Waals surface area contributed by atoms with Crippen molar-refractivity contribution in [3.05, 3.63) is 24.7 Å². The van der Waals surface area contributed by atoms with E-state index in [1.54, 1.807) is 24.0 Å². The van der Waals surface area contributed by atoms with Crippen LogP contribution in [-0.2, 0) is 18.4 Å². The molecule has 0 spiro atoms. The molecule has 3 heterocycles. The first-order valence-electron chi connectivity index (χ1n) is 11.3. The topological polar surface area (TPSA) is 74.8 Å². The number of hydrogen-bond donors (Lipinski definition) is 0. The molecule has 2 aliphatic rings. The molecule has 2 fully saturated rings. The fraction of sp³-hybridized carbons (Fsp3) is 0.565. The van der Waals surface area contributed by atoms with Crippen molar-refractivity contribution >= 4 is 16.7 Å². The predicted octanol–water partition coefficient (Wildman–Crippen LogP) is 4.56. The van der Waals surface area contributed by atoms with Crippen molar-refractivity contribution in [1.82, 2.24) is 24.5 Å². The van der Waals surface area contributed by atoms with Gasteiger partial charge in [-0.2, -0.15) is 23.4 Å². The third-order valence-electron chi connectivity index (χ3n) is 7.00. The van der Waals surface area contributed by atoms with Crippen molar-refractivity contribution in [3.63, 3.8) is 0 Å². The molecule has 0 radical (unpaired) electrons. The molecule has 33 heavy (non-hydrogen) atoms. The van der Waals surface area contributed by atoms with Gasteiger partial charge in [0.15, 0.2) is 0 Å². The van der Waals surface area contributed by atoms with Gasteiger partial charge in [0.2, 0.25) is 5.88 Å². The summed E-state index contributed by atoms with van der Waals surface area (Å²) in [4.78, 5) is 17.1. The van der Waals surface area contributed by atoms with Crippen molar-refractivity contribution < 1.29 is 22.7 Å². The van der Waals surface area contributed by atoms with Gasteiger partial charge in [-0.1, -0.05) is 0 Å². The van der Waals surface area contributed by atoms with E-state index < -0.39 is 12.6 Å². The van der Waals surface area contributed by atoms with E-state index >= 15 is 0 Å². The highest BCUT2D eigenvalue weighted by molar-refractivity contribution is 5.86. The van der Waals surface area contributed by atoms with E-state index in [1.165, 1.54) is 10.9 Å². The zero-order valence-electron chi connectivity index (χ0n) is 18.5. The second-order valence-electron chi connectivity index (χ2n) is 9.34. The number of carbonyl (C=O) groups excluding carboxylic acids is 1. The molecule has 0 saturated heterocycles. The quantitative estimate of drug-likeness (QED) is 0.538. The van der Waals surface area contributed by atoms with E-state index in [0.717, 1.165) is 24.6 Å². The monoisotopic (exact) mass is 461 g/mol. The van der Waals surface area contributed by atoms with Crippen LogP contribution in [0.3, 0.4) is 0 Å². The number of ether oxygens (including phenoxy) is 1. The summed E-state index contributed by atoms with van der Waals surface area (Å²) in [6.07, 6.45) is 3.13. The molecular formula is C23H26F3N5O2. The van der Waals surface area contributed by atoms with Gasteiger partial charge in [-0.25, -0.2) is 4.98 Å². The number of aromatic nitrogens is 5. The molecule has 2 aliphatic carbocycles. The fourth-order valence-corrected chi connectivity index (χ4v) is 4.99. The van der Waals surface area contributed by atoms with Crippen LogP contribution < -0.4 is 4.74 Å². The third kappa shape index (κ3) is 4.47. The Hall–Kier alpha value is -2.91. The number of nitrogens with zero attached hydrogens (tertiary/aromatic N) is 5. The lowest BCUT2D eigenvalue weighted by Gasteiger charge is -2.43. The first-order valence-corrected chi connectivity index (χ1v) is 11.3. The Morgan fingerprint density at radius 2 is 2.09 bits per heavy atom. The predicted molar refractivity (Wildman–Crippen MR) is 114 cm³/mol. The zero-order valence-corrected chi connectivity index (χ0v) is 18.5. The minimum absolute atomic E-state index is 0.140. The van der Waals surface area contributed by atoms with Gasteiger partial charge in [-0.15, -0.1) is 0 Å². The smallest absolute Gasteiger partial charge is 0.390 e. The van der Waals surface area contributed by atoms with Crippen LogP contribution in [0.5, 0.6) is 5.88 Å². The summed E-state index contributed by atoms with van der Waals surface area (Å²) in [6, 6.07) is 1.78. The minimum Gasteiger partial charge on any atom is -0.474 e. The summed E-state index contributed by atoms with van der Waals surface area (Å²) in [6.45, 7) is 1.72. The standard InChI is InChI=1S/C23H26F3N5O2/c1-13(15-7-14-3-4-17(14)21(32)8-15)33-22-18-12-30(2)29-20(18)9-19(28-22)16-10-27-31(11-16)6-5-23(24,25)26/h9-15,17H,3-8H2,1-2H3/t13-,14?,15+,17?/m1/s1. The van der Waals surface area contributed by atoms with Gasteiger partial charge in [-0.3, -0.25) is 14.2 Å². The van der Waals surface area contributed by atoms with Gasteiger partial charge in [0, 0.05) is 49.8 Å². The van der Waals surface area contributed by atoms with Gasteiger partial charge in [-0.05, 0) is 38.2 Å². The maximum atomic E-state index is 12.5.